The fourth-order valence-corrected chi connectivity index (χ4v) is 3.31. The first-order valence-corrected chi connectivity index (χ1v) is 8.79. The van der Waals surface area contributed by atoms with Crippen LogP contribution in [0.1, 0.15) is 17.5 Å². The van der Waals surface area contributed by atoms with Gasteiger partial charge in [0.15, 0.2) is 0 Å². The van der Waals surface area contributed by atoms with Crippen molar-refractivity contribution in [1.29, 1.82) is 0 Å². The van der Waals surface area contributed by atoms with Gasteiger partial charge >= 0.3 is 0 Å². The van der Waals surface area contributed by atoms with Crippen molar-refractivity contribution in [3.63, 3.8) is 0 Å². The maximum absolute atomic E-state index is 12.5. The molecular weight excluding hydrogens is 336 g/mol. The molecule has 0 bridgehead atoms. The van der Waals surface area contributed by atoms with Gasteiger partial charge < -0.3 is 10.2 Å². The number of carbonyl (C=O) groups is 2. The Morgan fingerprint density at radius 3 is 2.72 bits per heavy atom. The first-order chi connectivity index (χ1) is 12.0. The molecule has 1 heterocycles. The number of aryl methyl sites for hydroxylation is 1. The molecule has 25 heavy (non-hydrogen) atoms. The Hall–Kier alpha value is -2.33. The van der Waals surface area contributed by atoms with E-state index in [9.17, 15) is 9.59 Å². The van der Waals surface area contributed by atoms with Gasteiger partial charge in [0.05, 0.1) is 16.6 Å². The molecule has 1 saturated heterocycles. The molecule has 2 amide bonds. The second-order valence-electron chi connectivity index (χ2n) is 6.45. The zero-order chi connectivity index (χ0) is 17.8. The van der Waals surface area contributed by atoms with Crippen molar-refractivity contribution < 1.29 is 9.59 Å². The quantitative estimate of drug-likeness (QED) is 0.888. The van der Waals surface area contributed by atoms with Crippen LogP contribution in [0, 0.1) is 12.8 Å². The fraction of sp³-hybridized carbons (Fsp3) is 0.300. The fourth-order valence-electron chi connectivity index (χ4n) is 3.03. The van der Waals surface area contributed by atoms with Gasteiger partial charge in [-0.25, -0.2) is 0 Å². The highest BCUT2D eigenvalue weighted by molar-refractivity contribution is 6.33. The van der Waals surface area contributed by atoms with Gasteiger partial charge in [-0.05, 0) is 36.6 Å². The first-order valence-electron chi connectivity index (χ1n) is 8.41. The molecule has 5 heteroatoms. The second kappa shape index (κ2) is 7.70. The van der Waals surface area contributed by atoms with E-state index < -0.39 is 0 Å². The molecule has 1 aliphatic rings. The van der Waals surface area contributed by atoms with E-state index >= 15 is 0 Å². The number of anilines is 1. The molecule has 2 aromatic carbocycles. The molecule has 0 aliphatic carbocycles. The molecule has 1 fully saturated rings. The van der Waals surface area contributed by atoms with Crippen molar-refractivity contribution in [2.45, 2.75) is 19.8 Å². The van der Waals surface area contributed by atoms with E-state index in [2.05, 4.69) is 5.32 Å². The van der Waals surface area contributed by atoms with Crippen molar-refractivity contribution in [3.05, 3.63) is 64.7 Å². The average molecular weight is 357 g/mol. The normalized spacial score (nSPS) is 17.0. The minimum Gasteiger partial charge on any atom is -0.342 e. The standard InChI is InChI=1S/C20H21ClN2O2/c1-14-7-8-18(17(21)11-14)22-20(25)16-12-19(24)23(13-16)10-9-15-5-3-2-4-6-15/h2-8,11,16H,9-10,12-13H2,1H3,(H,22,25). The van der Waals surface area contributed by atoms with E-state index in [1.165, 1.54) is 5.56 Å². The van der Waals surface area contributed by atoms with E-state index in [1.807, 2.05) is 49.4 Å². The van der Waals surface area contributed by atoms with Crippen LogP contribution in [-0.2, 0) is 16.0 Å². The Bertz CT molecular complexity index is 777. The van der Waals surface area contributed by atoms with Crippen LogP contribution in [-0.4, -0.2) is 29.8 Å². The van der Waals surface area contributed by atoms with Gasteiger partial charge in [0.25, 0.3) is 0 Å². The number of benzene rings is 2. The molecule has 0 aromatic heterocycles. The van der Waals surface area contributed by atoms with Crippen molar-refractivity contribution in [3.8, 4) is 0 Å². The predicted octanol–water partition coefficient (Wildman–Crippen LogP) is 3.68. The van der Waals surface area contributed by atoms with Crippen molar-refractivity contribution >= 4 is 29.1 Å². The summed E-state index contributed by atoms with van der Waals surface area (Å²) in [6.07, 6.45) is 1.05. The number of rotatable bonds is 5. The second-order valence-corrected chi connectivity index (χ2v) is 6.86. The molecule has 2 aromatic rings. The average Bonchev–Trinajstić information content (AvgIpc) is 2.97. The Labute approximate surface area is 152 Å². The van der Waals surface area contributed by atoms with Crippen LogP contribution in [0.25, 0.3) is 0 Å². The molecule has 1 unspecified atom stereocenters. The van der Waals surface area contributed by atoms with Gasteiger partial charge in [0, 0.05) is 19.5 Å². The molecular formula is C20H21ClN2O2. The summed E-state index contributed by atoms with van der Waals surface area (Å²) in [5.74, 6) is -0.451. The Balaban J connectivity index is 1.57. The summed E-state index contributed by atoms with van der Waals surface area (Å²) in [5, 5.41) is 3.36. The molecule has 130 valence electrons. The minimum absolute atomic E-state index is 0.0334. The molecule has 3 rings (SSSR count). The summed E-state index contributed by atoms with van der Waals surface area (Å²) in [5.41, 5.74) is 2.81. The van der Waals surface area contributed by atoms with Crippen LogP contribution in [0.3, 0.4) is 0 Å². The van der Waals surface area contributed by atoms with Gasteiger partial charge in [-0.3, -0.25) is 9.59 Å². The van der Waals surface area contributed by atoms with Crippen LogP contribution in [0.4, 0.5) is 5.69 Å². The van der Waals surface area contributed by atoms with Gasteiger partial charge in [-0.2, -0.15) is 0 Å². The lowest BCUT2D eigenvalue weighted by Crippen LogP contribution is -2.30. The van der Waals surface area contributed by atoms with Crippen LogP contribution in [0.5, 0.6) is 0 Å². The molecule has 1 N–H and O–H groups in total. The third-order valence-electron chi connectivity index (χ3n) is 4.48. The third-order valence-corrected chi connectivity index (χ3v) is 4.79. The highest BCUT2D eigenvalue weighted by Gasteiger charge is 2.34. The summed E-state index contributed by atoms with van der Waals surface area (Å²) in [6, 6.07) is 15.5. The largest absolute Gasteiger partial charge is 0.342 e. The molecule has 1 aliphatic heterocycles. The van der Waals surface area contributed by atoms with Gasteiger partial charge in [-0.1, -0.05) is 48.0 Å². The summed E-state index contributed by atoms with van der Waals surface area (Å²) < 4.78 is 0. The van der Waals surface area contributed by atoms with Crippen molar-refractivity contribution in [1.82, 2.24) is 4.90 Å². The molecule has 0 radical (unpaired) electrons. The monoisotopic (exact) mass is 356 g/mol. The minimum atomic E-state index is -0.333. The number of carbonyl (C=O) groups excluding carboxylic acids is 2. The number of nitrogens with one attached hydrogen (secondary N) is 1. The van der Waals surface area contributed by atoms with Crippen LogP contribution < -0.4 is 5.32 Å². The number of hydrogen-bond acceptors (Lipinski definition) is 2. The number of halogens is 1. The Morgan fingerprint density at radius 1 is 1.24 bits per heavy atom. The Morgan fingerprint density at radius 2 is 2.00 bits per heavy atom. The summed E-state index contributed by atoms with van der Waals surface area (Å²) in [4.78, 5) is 26.4. The summed E-state index contributed by atoms with van der Waals surface area (Å²) in [7, 11) is 0. The highest BCUT2D eigenvalue weighted by atomic mass is 35.5. The topological polar surface area (TPSA) is 49.4 Å². The van der Waals surface area contributed by atoms with E-state index in [0.717, 1.165) is 12.0 Å². The van der Waals surface area contributed by atoms with E-state index in [4.69, 9.17) is 11.6 Å². The maximum atomic E-state index is 12.5. The SMILES string of the molecule is Cc1ccc(NC(=O)C2CC(=O)N(CCc3ccccc3)C2)c(Cl)c1. The molecule has 0 saturated carbocycles. The molecule has 4 nitrogen and oxygen atoms in total. The molecule has 0 spiro atoms. The lowest BCUT2D eigenvalue weighted by Gasteiger charge is -2.17. The summed E-state index contributed by atoms with van der Waals surface area (Å²) >= 11 is 6.16. The van der Waals surface area contributed by atoms with Gasteiger partial charge in [0.1, 0.15) is 0 Å². The lowest BCUT2D eigenvalue weighted by atomic mass is 10.1. The van der Waals surface area contributed by atoms with Crippen molar-refractivity contribution in [2.24, 2.45) is 5.92 Å². The zero-order valence-electron chi connectivity index (χ0n) is 14.2. The number of hydrogen-bond donors (Lipinski definition) is 1. The highest BCUT2D eigenvalue weighted by Crippen LogP contribution is 2.25. The predicted molar refractivity (Wildman–Crippen MR) is 99.7 cm³/mol. The van der Waals surface area contributed by atoms with E-state index in [0.29, 0.717) is 23.8 Å². The summed E-state index contributed by atoms with van der Waals surface area (Å²) in [6.45, 7) is 3.04. The van der Waals surface area contributed by atoms with Gasteiger partial charge in [-0.15, -0.1) is 0 Å². The van der Waals surface area contributed by atoms with Crippen LogP contribution >= 0.6 is 11.6 Å². The zero-order valence-corrected chi connectivity index (χ0v) is 14.9. The lowest BCUT2D eigenvalue weighted by molar-refractivity contribution is -0.128. The maximum Gasteiger partial charge on any atom is 0.229 e. The van der Waals surface area contributed by atoms with Crippen LogP contribution in [0.2, 0.25) is 5.02 Å². The molecule has 1 atom stereocenters. The number of amides is 2. The number of nitrogens with zero attached hydrogens (tertiary/aromatic N) is 1. The number of likely N-dealkylation sites (tertiary alicyclic amines) is 1. The Kier molecular flexibility index (Phi) is 5.39. The van der Waals surface area contributed by atoms with Crippen molar-refractivity contribution in [2.75, 3.05) is 18.4 Å². The van der Waals surface area contributed by atoms with Gasteiger partial charge in [0.2, 0.25) is 11.8 Å². The van der Waals surface area contributed by atoms with Crippen LogP contribution in [0.15, 0.2) is 48.5 Å². The van der Waals surface area contributed by atoms with E-state index in [-0.39, 0.29) is 24.2 Å². The smallest absolute Gasteiger partial charge is 0.229 e. The third kappa shape index (κ3) is 4.40. The first kappa shape index (κ1) is 17.5. The van der Waals surface area contributed by atoms with E-state index in [1.54, 1.807) is 11.0 Å².